The normalized spacial score (nSPS) is 15.1. The summed E-state index contributed by atoms with van der Waals surface area (Å²) >= 11 is 0. The number of ether oxygens (including phenoxy) is 1. The van der Waals surface area contributed by atoms with Gasteiger partial charge < -0.3 is 19.9 Å². The third-order valence-corrected chi connectivity index (χ3v) is 6.21. The zero-order chi connectivity index (χ0) is 24.4. The standard InChI is InChI=1S/C26H33N5O3/c1-6-31(15-24(32)30(4)5)22-12-11-18-19(22)8-7-9-20(18)25-28-26(34-29-25)17-10-13-23(21(27)14-17)33-16(2)3/h7-10,13-14,16,22H,6,11-12,15,27H2,1-5H3. The van der Waals surface area contributed by atoms with Gasteiger partial charge in [-0.15, -0.1) is 0 Å². The van der Waals surface area contributed by atoms with E-state index in [9.17, 15) is 4.79 Å². The number of carbonyl (C=O) groups excluding carboxylic acids is 1. The Morgan fingerprint density at radius 1 is 1.26 bits per heavy atom. The molecule has 1 aliphatic carbocycles. The molecule has 1 amide bonds. The summed E-state index contributed by atoms with van der Waals surface area (Å²) in [5.74, 6) is 1.72. The Labute approximate surface area is 200 Å². The molecule has 8 heteroatoms. The van der Waals surface area contributed by atoms with Crippen molar-refractivity contribution in [2.45, 2.75) is 45.8 Å². The Kier molecular flexibility index (Phi) is 6.88. The molecule has 1 atom stereocenters. The molecule has 3 aromatic rings. The number of nitrogens with two attached hydrogens (primary N) is 1. The second kappa shape index (κ2) is 9.85. The first-order valence-corrected chi connectivity index (χ1v) is 11.7. The van der Waals surface area contributed by atoms with Gasteiger partial charge in [0, 0.05) is 31.3 Å². The number of aromatic nitrogens is 2. The molecule has 0 fully saturated rings. The van der Waals surface area contributed by atoms with Crippen LogP contribution >= 0.6 is 0 Å². The molecule has 2 aromatic carbocycles. The summed E-state index contributed by atoms with van der Waals surface area (Å²) in [7, 11) is 3.59. The summed E-state index contributed by atoms with van der Waals surface area (Å²) in [6.07, 6.45) is 1.90. The van der Waals surface area contributed by atoms with Gasteiger partial charge in [-0.1, -0.05) is 30.3 Å². The lowest BCUT2D eigenvalue weighted by Gasteiger charge is -2.28. The van der Waals surface area contributed by atoms with Crippen molar-refractivity contribution in [3.8, 4) is 28.6 Å². The van der Waals surface area contributed by atoms with Crippen LogP contribution in [0.5, 0.6) is 5.75 Å². The summed E-state index contributed by atoms with van der Waals surface area (Å²) in [6, 6.07) is 11.9. The number of anilines is 1. The lowest BCUT2D eigenvalue weighted by Crippen LogP contribution is -2.38. The molecule has 0 bridgehead atoms. The van der Waals surface area contributed by atoms with Crippen LogP contribution in [0.25, 0.3) is 22.8 Å². The number of hydrogen-bond acceptors (Lipinski definition) is 7. The third kappa shape index (κ3) is 4.77. The number of hydrogen-bond donors (Lipinski definition) is 1. The van der Waals surface area contributed by atoms with Crippen LogP contribution in [0.1, 0.15) is 44.4 Å². The van der Waals surface area contributed by atoms with Gasteiger partial charge in [0.25, 0.3) is 5.89 Å². The van der Waals surface area contributed by atoms with Crippen molar-refractivity contribution in [2.24, 2.45) is 0 Å². The molecule has 1 aliphatic rings. The first-order chi connectivity index (χ1) is 16.3. The van der Waals surface area contributed by atoms with Gasteiger partial charge in [-0.3, -0.25) is 9.69 Å². The van der Waals surface area contributed by atoms with Crippen LogP contribution < -0.4 is 10.5 Å². The molecule has 1 heterocycles. The van der Waals surface area contributed by atoms with Crippen molar-refractivity contribution in [2.75, 3.05) is 32.9 Å². The first-order valence-electron chi connectivity index (χ1n) is 11.7. The minimum Gasteiger partial charge on any atom is -0.489 e. The average molecular weight is 464 g/mol. The zero-order valence-electron chi connectivity index (χ0n) is 20.5. The zero-order valence-corrected chi connectivity index (χ0v) is 20.5. The molecule has 4 rings (SSSR count). The molecule has 1 aromatic heterocycles. The summed E-state index contributed by atoms with van der Waals surface area (Å²) in [5, 5.41) is 4.27. The fraction of sp³-hybridized carbons (Fsp3) is 0.423. The fourth-order valence-electron chi connectivity index (χ4n) is 4.47. The summed E-state index contributed by atoms with van der Waals surface area (Å²) in [4.78, 5) is 20.9. The first kappa shape index (κ1) is 23.8. The number of likely N-dealkylation sites (N-methyl/N-ethyl adjacent to an activating group) is 2. The minimum atomic E-state index is 0.0387. The van der Waals surface area contributed by atoms with Crippen LogP contribution in [0.3, 0.4) is 0 Å². The van der Waals surface area contributed by atoms with Crippen molar-refractivity contribution in [1.29, 1.82) is 0 Å². The van der Waals surface area contributed by atoms with E-state index in [-0.39, 0.29) is 18.1 Å². The van der Waals surface area contributed by atoms with E-state index in [0.717, 1.165) is 30.5 Å². The molecule has 180 valence electrons. The van der Waals surface area contributed by atoms with Crippen LogP contribution in [-0.2, 0) is 11.2 Å². The quantitative estimate of drug-likeness (QED) is 0.501. The Balaban J connectivity index is 1.60. The SMILES string of the molecule is CCN(CC(=O)N(C)C)C1CCc2c(-c3noc(-c4ccc(OC(C)C)c(N)c4)n3)cccc21. The highest BCUT2D eigenvalue weighted by Gasteiger charge is 2.31. The lowest BCUT2D eigenvalue weighted by atomic mass is 10.0. The minimum absolute atomic E-state index is 0.0387. The molecule has 0 spiro atoms. The van der Waals surface area contributed by atoms with Crippen LogP contribution in [0, 0.1) is 0 Å². The number of amides is 1. The van der Waals surface area contributed by atoms with Gasteiger partial charge in [0.2, 0.25) is 11.7 Å². The summed E-state index contributed by atoms with van der Waals surface area (Å²) in [5.41, 5.74) is 10.9. The van der Waals surface area contributed by atoms with Crippen LogP contribution in [-0.4, -0.2) is 59.1 Å². The smallest absolute Gasteiger partial charge is 0.258 e. The second-order valence-corrected chi connectivity index (χ2v) is 9.12. The third-order valence-electron chi connectivity index (χ3n) is 6.21. The van der Waals surface area contributed by atoms with Gasteiger partial charge in [0.1, 0.15) is 5.75 Å². The van der Waals surface area contributed by atoms with E-state index in [2.05, 4.69) is 28.0 Å². The van der Waals surface area contributed by atoms with Gasteiger partial charge in [-0.25, -0.2) is 0 Å². The molecule has 0 aliphatic heterocycles. The number of rotatable bonds is 8. The predicted molar refractivity (Wildman–Crippen MR) is 132 cm³/mol. The van der Waals surface area contributed by atoms with E-state index in [1.165, 1.54) is 11.1 Å². The molecule has 8 nitrogen and oxygen atoms in total. The van der Waals surface area contributed by atoms with Crippen molar-refractivity contribution < 1.29 is 14.1 Å². The van der Waals surface area contributed by atoms with Crippen LogP contribution in [0.15, 0.2) is 40.9 Å². The summed E-state index contributed by atoms with van der Waals surface area (Å²) < 4.78 is 11.3. The Hall–Kier alpha value is -3.39. The number of carbonyl (C=O) groups is 1. The lowest BCUT2D eigenvalue weighted by molar-refractivity contribution is -0.130. The summed E-state index contributed by atoms with van der Waals surface area (Å²) in [6.45, 7) is 7.22. The number of benzene rings is 2. The van der Waals surface area contributed by atoms with Crippen molar-refractivity contribution in [1.82, 2.24) is 19.9 Å². The van der Waals surface area contributed by atoms with Crippen LogP contribution in [0.2, 0.25) is 0 Å². The van der Waals surface area contributed by atoms with Gasteiger partial charge in [0.15, 0.2) is 0 Å². The number of fused-ring (bicyclic) bond motifs is 1. The van der Waals surface area contributed by atoms with Crippen LogP contribution in [0.4, 0.5) is 5.69 Å². The van der Waals surface area contributed by atoms with E-state index < -0.39 is 0 Å². The molecular formula is C26H33N5O3. The van der Waals surface area contributed by atoms with E-state index >= 15 is 0 Å². The topological polar surface area (TPSA) is 97.7 Å². The maximum absolute atomic E-state index is 12.3. The van der Waals surface area contributed by atoms with Gasteiger partial charge in [0.05, 0.1) is 18.3 Å². The van der Waals surface area contributed by atoms with Gasteiger partial charge >= 0.3 is 0 Å². The highest BCUT2D eigenvalue weighted by Crippen LogP contribution is 2.40. The van der Waals surface area contributed by atoms with E-state index in [1.54, 1.807) is 25.1 Å². The fourth-order valence-corrected chi connectivity index (χ4v) is 4.47. The molecule has 2 N–H and O–H groups in total. The van der Waals surface area contributed by atoms with Crippen molar-refractivity contribution in [3.63, 3.8) is 0 Å². The van der Waals surface area contributed by atoms with Gasteiger partial charge in [-0.2, -0.15) is 4.98 Å². The average Bonchev–Trinajstić information content (AvgIpc) is 3.46. The molecule has 0 saturated carbocycles. The Bertz CT molecular complexity index is 1170. The van der Waals surface area contributed by atoms with Gasteiger partial charge in [-0.05, 0) is 62.6 Å². The monoisotopic (exact) mass is 463 g/mol. The van der Waals surface area contributed by atoms with Crippen molar-refractivity contribution in [3.05, 3.63) is 47.5 Å². The molecule has 0 saturated heterocycles. The molecular weight excluding hydrogens is 430 g/mol. The number of nitrogen functional groups attached to an aromatic ring is 1. The number of nitrogens with zero attached hydrogens (tertiary/aromatic N) is 4. The predicted octanol–water partition coefficient (Wildman–Crippen LogP) is 4.17. The maximum atomic E-state index is 12.3. The molecule has 34 heavy (non-hydrogen) atoms. The van der Waals surface area contributed by atoms with E-state index in [4.69, 9.17) is 15.0 Å². The highest BCUT2D eigenvalue weighted by molar-refractivity contribution is 5.77. The molecule has 1 unspecified atom stereocenters. The Morgan fingerprint density at radius 2 is 2.06 bits per heavy atom. The maximum Gasteiger partial charge on any atom is 0.258 e. The van der Waals surface area contributed by atoms with E-state index in [1.807, 2.05) is 38.1 Å². The largest absolute Gasteiger partial charge is 0.489 e. The highest BCUT2D eigenvalue weighted by atomic mass is 16.5. The van der Waals surface area contributed by atoms with E-state index in [0.29, 0.717) is 29.7 Å². The Morgan fingerprint density at radius 3 is 2.74 bits per heavy atom. The van der Waals surface area contributed by atoms with Crippen molar-refractivity contribution >= 4 is 11.6 Å². The molecule has 0 radical (unpaired) electrons. The second-order valence-electron chi connectivity index (χ2n) is 9.12.